The number of hydrogen-bond acceptors (Lipinski definition) is 7. The summed E-state index contributed by atoms with van der Waals surface area (Å²) in [6.07, 6.45) is 1.00. The van der Waals surface area contributed by atoms with E-state index < -0.39 is 5.91 Å². The fourth-order valence-electron chi connectivity index (χ4n) is 2.06. The number of hydrogen-bond donors (Lipinski definition) is 2. The molecule has 0 aromatic heterocycles. The summed E-state index contributed by atoms with van der Waals surface area (Å²) in [7, 11) is 1.54. The standard InChI is InChI=1S/C13H18N2O5S/c1-3-4-21-20-19-15-7-10-5-9(13(16)14-17)6-12(18-2)11(10)8-15/h5-6,17H,3-4,7-8H2,1-2H3,(H,14,16). The third-order valence-electron chi connectivity index (χ3n) is 3.04. The summed E-state index contributed by atoms with van der Waals surface area (Å²) < 4.78 is 10.3. The van der Waals surface area contributed by atoms with Crippen molar-refractivity contribution in [1.29, 1.82) is 0 Å². The van der Waals surface area contributed by atoms with Gasteiger partial charge in [-0.2, -0.15) is 0 Å². The number of fused-ring (bicyclic) bond motifs is 1. The van der Waals surface area contributed by atoms with Gasteiger partial charge in [0.05, 0.1) is 20.2 Å². The molecule has 0 radical (unpaired) electrons. The summed E-state index contributed by atoms with van der Waals surface area (Å²) in [6.45, 7) is 3.04. The molecule has 116 valence electrons. The van der Waals surface area contributed by atoms with Crippen LogP contribution < -0.4 is 10.2 Å². The zero-order chi connectivity index (χ0) is 15.2. The van der Waals surface area contributed by atoms with E-state index in [-0.39, 0.29) is 0 Å². The second kappa shape index (κ2) is 7.62. The van der Waals surface area contributed by atoms with E-state index in [1.165, 1.54) is 19.2 Å². The number of carbonyl (C=O) groups excluding carboxylic acids is 1. The summed E-state index contributed by atoms with van der Waals surface area (Å²) in [4.78, 5) is 16.7. The smallest absolute Gasteiger partial charge is 0.274 e. The maximum Gasteiger partial charge on any atom is 0.274 e. The minimum atomic E-state index is -0.579. The Morgan fingerprint density at radius 2 is 2.29 bits per heavy atom. The predicted molar refractivity (Wildman–Crippen MR) is 76.4 cm³/mol. The van der Waals surface area contributed by atoms with Crippen LogP contribution in [0.15, 0.2) is 12.1 Å². The monoisotopic (exact) mass is 314 g/mol. The lowest BCUT2D eigenvalue weighted by Crippen LogP contribution is -2.19. The molecule has 1 aromatic carbocycles. The van der Waals surface area contributed by atoms with Crippen molar-refractivity contribution in [2.45, 2.75) is 26.4 Å². The van der Waals surface area contributed by atoms with Crippen LogP contribution in [-0.4, -0.2) is 29.0 Å². The maximum atomic E-state index is 11.5. The molecule has 1 aliphatic rings. The highest BCUT2D eigenvalue weighted by atomic mass is 32.2. The van der Waals surface area contributed by atoms with E-state index in [1.54, 1.807) is 22.7 Å². The first-order valence-electron chi connectivity index (χ1n) is 6.55. The van der Waals surface area contributed by atoms with Gasteiger partial charge in [-0.05, 0) is 24.1 Å². The molecule has 8 heteroatoms. The molecule has 1 amide bonds. The van der Waals surface area contributed by atoms with Gasteiger partial charge in [-0.25, -0.2) is 5.48 Å². The quantitative estimate of drug-likeness (QED) is 0.262. The predicted octanol–water partition coefficient (Wildman–Crippen LogP) is 2.05. The molecule has 0 bridgehead atoms. The second-order valence-electron chi connectivity index (χ2n) is 4.52. The van der Waals surface area contributed by atoms with Gasteiger partial charge in [0.15, 0.2) is 0 Å². The molecule has 0 unspecified atom stereocenters. The van der Waals surface area contributed by atoms with Gasteiger partial charge in [-0.3, -0.25) is 10.0 Å². The maximum absolute atomic E-state index is 11.5. The van der Waals surface area contributed by atoms with Gasteiger partial charge in [0.25, 0.3) is 5.91 Å². The Morgan fingerprint density at radius 3 is 2.95 bits per heavy atom. The molecule has 1 heterocycles. The Kier molecular flexibility index (Phi) is 5.83. The largest absolute Gasteiger partial charge is 0.496 e. The van der Waals surface area contributed by atoms with E-state index in [4.69, 9.17) is 19.3 Å². The van der Waals surface area contributed by atoms with Crippen molar-refractivity contribution >= 4 is 17.9 Å². The molecule has 21 heavy (non-hydrogen) atoms. The first-order valence-corrected chi connectivity index (χ1v) is 7.46. The fraction of sp³-hybridized carbons (Fsp3) is 0.462. The molecular formula is C13H18N2O5S. The molecule has 0 aliphatic carbocycles. The van der Waals surface area contributed by atoms with Gasteiger partial charge in [0.2, 0.25) is 0 Å². The molecular weight excluding hydrogens is 296 g/mol. The number of nitrogens with zero attached hydrogens (tertiary/aromatic N) is 1. The SMILES string of the molecule is CCCSOON1Cc2cc(C(=O)NO)cc(OC)c2C1. The van der Waals surface area contributed by atoms with E-state index in [0.29, 0.717) is 24.4 Å². The van der Waals surface area contributed by atoms with Crippen LogP contribution in [0.1, 0.15) is 34.8 Å². The lowest BCUT2D eigenvalue weighted by molar-refractivity contribution is -0.365. The highest BCUT2D eigenvalue weighted by Crippen LogP contribution is 2.33. The first kappa shape index (κ1) is 16.1. The van der Waals surface area contributed by atoms with Crippen LogP contribution in [0.2, 0.25) is 0 Å². The molecule has 0 atom stereocenters. The van der Waals surface area contributed by atoms with Crippen LogP contribution in [0.25, 0.3) is 0 Å². The zero-order valence-corrected chi connectivity index (χ0v) is 12.7. The molecule has 1 aromatic rings. The average molecular weight is 314 g/mol. The van der Waals surface area contributed by atoms with E-state index in [9.17, 15) is 4.79 Å². The van der Waals surface area contributed by atoms with E-state index >= 15 is 0 Å². The zero-order valence-electron chi connectivity index (χ0n) is 11.9. The Bertz CT molecular complexity index is 512. The fourth-order valence-corrected chi connectivity index (χ4v) is 2.42. The molecule has 0 fully saturated rings. The van der Waals surface area contributed by atoms with Gasteiger partial charge < -0.3 is 4.74 Å². The third-order valence-corrected chi connectivity index (χ3v) is 3.77. The number of methoxy groups -OCH3 is 1. The highest BCUT2D eigenvalue weighted by Gasteiger charge is 2.26. The van der Waals surface area contributed by atoms with Crippen LogP contribution in [0.5, 0.6) is 5.75 Å². The van der Waals surface area contributed by atoms with E-state index in [2.05, 4.69) is 6.92 Å². The van der Waals surface area contributed by atoms with E-state index in [1.807, 2.05) is 0 Å². The van der Waals surface area contributed by atoms with Crippen LogP contribution in [-0.2, 0) is 22.4 Å². The van der Waals surface area contributed by atoms with Gasteiger partial charge >= 0.3 is 0 Å². The number of carbonyl (C=O) groups is 1. The van der Waals surface area contributed by atoms with Crippen molar-refractivity contribution in [1.82, 2.24) is 10.5 Å². The summed E-state index contributed by atoms with van der Waals surface area (Å²) in [5.41, 5.74) is 3.79. The van der Waals surface area contributed by atoms with Gasteiger partial charge in [-0.1, -0.05) is 6.92 Å². The molecule has 2 rings (SSSR count). The Balaban J connectivity index is 2.07. The molecule has 0 saturated carbocycles. The van der Waals surface area contributed by atoms with Crippen molar-refractivity contribution < 1.29 is 24.1 Å². The van der Waals surface area contributed by atoms with Crippen LogP contribution in [0, 0.1) is 0 Å². The van der Waals surface area contributed by atoms with Crippen LogP contribution >= 0.6 is 12.0 Å². The molecule has 7 nitrogen and oxygen atoms in total. The summed E-state index contributed by atoms with van der Waals surface area (Å²) in [5.74, 6) is 0.855. The van der Waals surface area contributed by atoms with Crippen molar-refractivity contribution in [2.75, 3.05) is 12.9 Å². The Hall–Kier alpha value is -1.32. The lowest BCUT2D eigenvalue weighted by Gasteiger charge is -2.11. The van der Waals surface area contributed by atoms with Crippen molar-refractivity contribution in [2.24, 2.45) is 0 Å². The number of benzene rings is 1. The average Bonchev–Trinajstić information content (AvgIpc) is 2.92. The third kappa shape index (κ3) is 3.86. The van der Waals surface area contributed by atoms with Gasteiger partial charge in [0, 0.05) is 28.9 Å². The minimum Gasteiger partial charge on any atom is -0.496 e. The van der Waals surface area contributed by atoms with E-state index in [0.717, 1.165) is 23.3 Å². The summed E-state index contributed by atoms with van der Waals surface area (Å²) >= 11 is 1.25. The molecule has 1 aliphatic heterocycles. The van der Waals surface area contributed by atoms with Crippen LogP contribution in [0.3, 0.4) is 0 Å². The number of hydroxylamine groups is 3. The number of nitrogens with one attached hydrogen (secondary N) is 1. The second-order valence-corrected chi connectivity index (χ2v) is 5.30. The van der Waals surface area contributed by atoms with Crippen LogP contribution in [0.4, 0.5) is 0 Å². The van der Waals surface area contributed by atoms with Crippen molar-refractivity contribution in [3.05, 3.63) is 28.8 Å². The first-order chi connectivity index (χ1) is 10.2. The minimum absolute atomic E-state index is 0.330. The Morgan fingerprint density at radius 1 is 1.48 bits per heavy atom. The van der Waals surface area contributed by atoms with Gasteiger partial charge in [0.1, 0.15) is 5.75 Å². The summed E-state index contributed by atoms with van der Waals surface area (Å²) in [5, 5.41) is 10.4. The van der Waals surface area contributed by atoms with Crippen molar-refractivity contribution in [3.63, 3.8) is 0 Å². The lowest BCUT2D eigenvalue weighted by atomic mass is 10.0. The molecule has 2 N–H and O–H groups in total. The molecule has 0 spiro atoms. The number of ether oxygens (including phenoxy) is 1. The molecule has 0 saturated heterocycles. The van der Waals surface area contributed by atoms with Gasteiger partial charge in [-0.15, -0.1) is 14.4 Å². The Labute approximate surface area is 127 Å². The summed E-state index contributed by atoms with van der Waals surface area (Å²) in [6, 6.07) is 3.28. The number of rotatable bonds is 7. The van der Waals surface area contributed by atoms with Crippen molar-refractivity contribution in [3.8, 4) is 5.75 Å². The number of amides is 1. The highest BCUT2D eigenvalue weighted by molar-refractivity contribution is 7.94. The normalized spacial score (nSPS) is 14.0. The topological polar surface area (TPSA) is 80.3 Å².